The van der Waals surface area contributed by atoms with Crippen LogP contribution in [0.5, 0.6) is 5.75 Å². The normalized spacial score (nSPS) is 15.0. The molecule has 1 unspecified atom stereocenters. The van der Waals surface area contributed by atoms with Crippen LogP contribution in [0, 0.1) is 5.82 Å². The summed E-state index contributed by atoms with van der Waals surface area (Å²) in [6.45, 7) is -0.0936. The summed E-state index contributed by atoms with van der Waals surface area (Å²) in [5.74, 6) is -0.238. The lowest BCUT2D eigenvalue weighted by molar-refractivity contribution is -0.122. The van der Waals surface area contributed by atoms with Gasteiger partial charge in [0.25, 0.3) is 5.91 Å². The Bertz CT molecular complexity index is 1390. The molecule has 0 bridgehead atoms. The predicted molar refractivity (Wildman–Crippen MR) is 127 cm³/mol. The van der Waals surface area contributed by atoms with Crippen molar-refractivity contribution in [3.63, 3.8) is 0 Å². The number of carbonyl (C=O) groups is 2. The van der Waals surface area contributed by atoms with Gasteiger partial charge in [0.05, 0.1) is 13.2 Å². The van der Waals surface area contributed by atoms with Crippen molar-refractivity contribution < 1.29 is 18.7 Å². The van der Waals surface area contributed by atoms with Gasteiger partial charge in [-0.25, -0.2) is 4.39 Å². The molecule has 0 saturated heterocycles. The smallest absolute Gasteiger partial charge is 0.272 e. The van der Waals surface area contributed by atoms with Crippen molar-refractivity contribution in [2.75, 3.05) is 13.7 Å². The maximum Gasteiger partial charge on any atom is 0.272 e. The molecule has 0 fully saturated rings. The van der Waals surface area contributed by atoms with E-state index in [1.165, 1.54) is 6.07 Å². The van der Waals surface area contributed by atoms with Gasteiger partial charge >= 0.3 is 0 Å². The van der Waals surface area contributed by atoms with Gasteiger partial charge in [-0.1, -0.05) is 48.5 Å². The lowest BCUT2D eigenvalue weighted by atomic mass is 9.98. The second-order valence-electron chi connectivity index (χ2n) is 8.32. The van der Waals surface area contributed by atoms with Crippen LogP contribution in [0.2, 0.25) is 0 Å². The number of carbonyl (C=O) groups excluding carboxylic acids is 2. The number of aryl methyl sites for hydroxylation is 1. The first-order valence-electron chi connectivity index (χ1n) is 11.0. The van der Waals surface area contributed by atoms with Gasteiger partial charge in [0.1, 0.15) is 23.8 Å². The van der Waals surface area contributed by atoms with Crippen LogP contribution in [0.4, 0.5) is 4.39 Å². The molecule has 0 spiro atoms. The standard InChI is InChI=1S/C27H24FN3O3/c1-30-22-10-6-4-8-20(22)24-25(17-11-13-19(34-2)14-12-17)31(27(33)26(24)30)16-23(32)29-15-18-7-3-5-9-21(18)28/h3-14,25H,15-16H2,1-2H3,(H,29,32). The molecule has 2 amide bonds. The number of para-hydroxylation sites is 1. The molecule has 1 aliphatic heterocycles. The zero-order chi connectivity index (χ0) is 23.8. The number of nitrogens with zero attached hydrogens (tertiary/aromatic N) is 2. The molecule has 1 N–H and O–H groups in total. The number of halogens is 1. The fourth-order valence-electron chi connectivity index (χ4n) is 4.71. The van der Waals surface area contributed by atoms with Gasteiger partial charge in [-0.2, -0.15) is 0 Å². The summed E-state index contributed by atoms with van der Waals surface area (Å²) >= 11 is 0. The molecule has 34 heavy (non-hydrogen) atoms. The Morgan fingerprint density at radius 1 is 1.03 bits per heavy atom. The minimum atomic E-state index is -0.432. The van der Waals surface area contributed by atoms with Gasteiger partial charge in [0.15, 0.2) is 0 Å². The number of amides is 2. The Balaban J connectivity index is 1.50. The fraction of sp³-hybridized carbons (Fsp3) is 0.185. The highest BCUT2D eigenvalue weighted by Gasteiger charge is 2.42. The van der Waals surface area contributed by atoms with E-state index in [-0.39, 0.29) is 30.7 Å². The van der Waals surface area contributed by atoms with Crippen LogP contribution in [0.25, 0.3) is 10.9 Å². The fourth-order valence-corrected chi connectivity index (χ4v) is 4.71. The van der Waals surface area contributed by atoms with Gasteiger partial charge in [-0.3, -0.25) is 9.59 Å². The molecule has 1 aliphatic rings. The topological polar surface area (TPSA) is 63.6 Å². The maximum atomic E-state index is 14.0. The van der Waals surface area contributed by atoms with Crippen LogP contribution in [0.3, 0.4) is 0 Å². The number of methoxy groups -OCH3 is 1. The number of ether oxygens (including phenoxy) is 1. The van der Waals surface area contributed by atoms with E-state index in [0.717, 1.165) is 22.0 Å². The maximum absolute atomic E-state index is 14.0. The largest absolute Gasteiger partial charge is 0.497 e. The Morgan fingerprint density at radius 2 is 1.74 bits per heavy atom. The van der Waals surface area contributed by atoms with Crippen molar-refractivity contribution in [2.24, 2.45) is 7.05 Å². The quantitative estimate of drug-likeness (QED) is 0.472. The molecule has 5 rings (SSSR count). The van der Waals surface area contributed by atoms with E-state index in [0.29, 0.717) is 17.0 Å². The van der Waals surface area contributed by atoms with Gasteiger partial charge in [-0.15, -0.1) is 0 Å². The monoisotopic (exact) mass is 457 g/mol. The molecule has 172 valence electrons. The summed E-state index contributed by atoms with van der Waals surface area (Å²) in [4.78, 5) is 28.1. The van der Waals surface area contributed by atoms with Crippen LogP contribution in [0.15, 0.2) is 72.8 Å². The van der Waals surface area contributed by atoms with Crippen LogP contribution in [-0.4, -0.2) is 34.9 Å². The Hall–Kier alpha value is -4.13. The number of nitrogens with one attached hydrogen (secondary N) is 1. The molecule has 0 saturated carbocycles. The number of benzene rings is 3. The van der Waals surface area contributed by atoms with Crippen LogP contribution < -0.4 is 10.1 Å². The Morgan fingerprint density at radius 3 is 2.47 bits per heavy atom. The molecular formula is C27H24FN3O3. The summed E-state index contributed by atoms with van der Waals surface area (Å²) in [7, 11) is 3.47. The molecule has 4 aromatic rings. The lowest BCUT2D eigenvalue weighted by Gasteiger charge is -2.26. The molecule has 1 atom stereocenters. The molecule has 3 aromatic carbocycles. The first-order chi connectivity index (χ1) is 16.5. The Kier molecular flexibility index (Phi) is 5.53. The summed E-state index contributed by atoms with van der Waals surface area (Å²) < 4.78 is 21.1. The summed E-state index contributed by atoms with van der Waals surface area (Å²) in [6, 6.07) is 21.3. The summed E-state index contributed by atoms with van der Waals surface area (Å²) in [6.07, 6.45) is 0. The zero-order valence-corrected chi connectivity index (χ0v) is 18.9. The molecule has 1 aromatic heterocycles. The third kappa shape index (κ3) is 3.59. The molecule has 0 radical (unpaired) electrons. The lowest BCUT2D eigenvalue weighted by Crippen LogP contribution is -2.39. The number of fused-ring (bicyclic) bond motifs is 3. The van der Waals surface area contributed by atoms with Crippen molar-refractivity contribution in [1.82, 2.24) is 14.8 Å². The van der Waals surface area contributed by atoms with Crippen LogP contribution in [-0.2, 0) is 18.4 Å². The number of aromatic nitrogens is 1. The van der Waals surface area contributed by atoms with Gasteiger partial charge in [0, 0.05) is 35.6 Å². The van der Waals surface area contributed by atoms with E-state index in [2.05, 4.69) is 5.32 Å². The van der Waals surface area contributed by atoms with Crippen molar-refractivity contribution >= 4 is 22.7 Å². The summed E-state index contributed by atoms with van der Waals surface area (Å²) in [5.41, 5.74) is 3.69. The highest BCUT2D eigenvalue weighted by molar-refractivity contribution is 6.07. The zero-order valence-electron chi connectivity index (χ0n) is 18.9. The van der Waals surface area contributed by atoms with Crippen LogP contribution >= 0.6 is 0 Å². The highest BCUT2D eigenvalue weighted by Crippen LogP contribution is 2.43. The Labute approximate surface area is 196 Å². The SMILES string of the molecule is COc1ccc(C2c3c(n(C)c4ccccc34)C(=O)N2CC(=O)NCc2ccccc2F)cc1. The third-order valence-electron chi connectivity index (χ3n) is 6.37. The molecule has 0 aliphatic carbocycles. The highest BCUT2D eigenvalue weighted by atomic mass is 19.1. The first kappa shape index (κ1) is 21.7. The van der Waals surface area contributed by atoms with Crippen LogP contribution in [0.1, 0.15) is 33.2 Å². The molecule has 7 heteroatoms. The second kappa shape index (κ2) is 8.67. The average molecular weight is 458 g/mol. The minimum absolute atomic E-state index is 0.0522. The predicted octanol–water partition coefficient (Wildman–Crippen LogP) is 4.19. The van der Waals surface area contributed by atoms with Gasteiger partial charge < -0.3 is 19.5 Å². The molecule has 6 nitrogen and oxygen atoms in total. The third-order valence-corrected chi connectivity index (χ3v) is 6.37. The van der Waals surface area contributed by atoms with E-state index in [9.17, 15) is 14.0 Å². The van der Waals surface area contributed by atoms with Crippen molar-refractivity contribution in [1.29, 1.82) is 0 Å². The van der Waals surface area contributed by atoms with E-state index in [1.54, 1.807) is 30.2 Å². The average Bonchev–Trinajstić information content (AvgIpc) is 3.31. The van der Waals surface area contributed by atoms with E-state index in [4.69, 9.17) is 4.74 Å². The second-order valence-corrected chi connectivity index (χ2v) is 8.32. The number of rotatable bonds is 6. The van der Waals surface area contributed by atoms with E-state index in [1.807, 2.05) is 60.1 Å². The van der Waals surface area contributed by atoms with E-state index >= 15 is 0 Å². The van der Waals surface area contributed by atoms with Crippen molar-refractivity contribution in [3.05, 3.63) is 101 Å². The minimum Gasteiger partial charge on any atom is -0.497 e. The molecular weight excluding hydrogens is 433 g/mol. The van der Waals surface area contributed by atoms with E-state index < -0.39 is 6.04 Å². The van der Waals surface area contributed by atoms with Gasteiger partial charge in [-0.05, 0) is 29.8 Å². The molecule has 2 heterocycles. The number of hydrogen-bond acceptors (Lipinski definition) is 3. The number of hydrogen-bond donors (Lipinski definition) is 1. The van der Waals surface area contributed by atoms with Crippen molar-refractivity contribution in [3.8, 4) is 5.75 Å². The summed E-state index contributed by atoms with van der Waals surface area (Å²) in [5, 5.41) is 3.72. The van der Waals surface area contributed by atoms with Crippen molar-refractivity contribution in [2.45, 2.75) is 12.6 Å². The van der Waals surface area contributed by atoms with Gasteiger partial charge in [0.2, 0.25) is 5.91 Å². The first-order valence-corrected chi connectivity index (χ1v) is 11.0.